The van der Waals surface area contributed by atoms with E-state index in [0.717, 1.165) is 32.1 Å². The van der Waals surface area contributed by atoms with Gasteiger partial charge in [-0.25, -0.2) is 8.78 Å². The topological polar surface area (TPSA) is 102 Å². The third-order valence-corrected chi connectivity index (χ3v) is 9.90. The molecule has 1 aromatic heterocycles. The zero-order chi connectivity index (χ0) is 34.5. The highest BCUT2D eigenvalue weighted by molar-refractivity contribution is 6.17. The summed E-state index contributed by atoms with van der Waals surface area (Å²) in [5, 5.41) is 6.03. The van der Waals surface area contributed by atoms with E-state index in [1.807, 2.05) is 13.8 Å². The molecule has 258 valence electrons. The molecule has 49 heavy (non-hydrogen) atoms. The zero-order valence-electron chi connectivity index (χ0n) is 28.1. The van der Waals surface area contributed by atoms with Crippen molar-refractivity contribution in [2.45, 2.75) is 46.0 Å². The van der Waals surface area contributed by atoms with Crippen molar-refractivity contribution in [3.63, 3.8) is 0 Å². The summed E-state index contributed by atoms with van der Waals surface area (Å²) >= 11 is 0. The number of amides is 2. The van der Waals surface area contributed by atoms with E-state index < -0.39 is 28.9 Å². The first-order valence-corrected chi connectivity index (χ1v) is 16.9. The molecule has 0 unspecified atom stereocenters. The molecule has 1 aliphatic heterocycles. The Balaban J connectivity index is 1.12. The summed E-state index contributed by atoms with van der Waals surface area (Å²) in [5.74, 6) is -1.32. The smallest absolute Gasteiger partial charge is 0.240 e. The van der Waals surface area contributed by atoms with E-state index in [0.29, 0.717) is 40.4 Å². The molecule has 0 bridgehead atoms. The van der Waals surface area contributed by atoms with Gasteiger partial charge in [0, 0.05) is 41.6 Å². The van der Waals surface area contributed by atoms with Gasteiger partial charge in [-0.05, 0) is 92.7 Å². The molecule has 6 rings (SSSR count). The fourth-order valence-corrected chi connectivity index (χ4v) is 6.81. The minimum Gasteiger partial charge on any atom is -0.493 e. The van der Waals surface area contributed by atoms with Crippen molar-refractivity contribution in [2.24, 2.45) is 17.3 Å². The number of nitrogens with one attached hydrogen (secondary N) is 2. The van der Waals surface area contributed by atoms with Gasteiger partial charge >= 0.3 is 0 Å². The maximum Gasteiger partial charge on any atom is 0.240 e. The maximum absolute atomic E-state index is 15.4. The van der Waals surface area contributed by atoms with Gasteiger partial charge in [0.05, 0.1) is 19.2 Å². The van der Waals surface area contributed by atoms with Crippen molar-refractivity contribution in [1.29, 1.82) is 0 Å². The molecule has 2 atom stereocenters. The predicted molar refractivity (Wildman–Crippen MR) is 184 cm³/mol. The van der Waals surface area contributed by atoms with Gasteiger partial charge in [0.1, 0.15) is 17.0 Å². The van der Waals surface area contributed by atoms with E-state index in [-0.39, 0.29) is 23.3 Å². The number of aromatic nitrogens is 1. The van der Waals surface area contributed by atoms with Crippen LogP contribution in [0.5, 0.6) is 23.0 Å². The number of ether oxygens (including phenoxy) is 3. The number of hydrogen-bond donors (Lipinski definition) is 2. The summed E-state index contributed by atoms with van der Waals surface area (Å²) in [5.41, 5.74) is -0.207. The van der Waals surface area contributed by atoms with Crippen LogP contribution in [0.3, 0.4) is 0 Å². The Morgan fingerprint density at radius 3 is 2.16 bits per heavy atom. The van der Waals surface area contributed by atoms with E-state index in [2.05, 4.69) is 20.5 Å². The summed E-state index contributed by atoms with van der Waals surface area (Å²) in [7, 11) is 1.56. The Kier molecular flexibility index (Phi) is 10.3. The molecule has 2 amide bonds. The van der Waals surface area contributed by atoms with Crippen molar-refractivity contribution >= 4 is 34.1 Å². The van der Waals surface area contributed by atoms with Crippen molar-refractivity contribution in [1.82, 2.24) is 9.88 Å². The lowest BCUT2D eigenvalue weighted by molar-refractivity contribution is -0.132. The van der Waals surface area contributed by atoms with Gasteiger partial charge in [-0.15, -0.1) is 0 Å². The van der Waals surface area contributed by atoms with Crippen LogP contribution in [0.1, 0.15) is 46.0 Å². The Labute approximate surface area is 284 Å². The molecule has 2 N–H and O–H groups in total. The van der Waals surface area contributed by atoms with E-state index in [4.69, 9.17) is 14.2 Å². The fraction of sp³-hybridized carbons (Fsp3) is 0.395. The van der Waals surface area contributed by atoms with Crippen molar-refractivity contribution in [3.05, 3.63) is 78.5 Å². The Bertz CT molecular complexity index is 1800. The quantitative estimate of drug-likeness (QED) is 0.117. The summed E-state index contributed by atoms with van der Waals surface area (Å²) in [4.78, 5) is 33.7. The van der Waals surface area contributed by atoms with Crippen LogP contribution in [0, 0.1) is 28.9 Å². The third-order valence-electron chi connectivity index (χ3n) is 9.90. The van der Waals surface area contributed by atoms with E-state index in [1.54, 1.807) is 31.5 Å². The van der Waals surface area contributed by atoms with Gasteiger partial charge in [0.15, 0.2) is 23.1 Å². The van der Waals surface area contributed by atoms with E-state index in [1.165, 1.54) is 62.1 Å². The average Bonchev–Trinajstić information content (AvgIpc) is 3.75. The number of fused-ring (bicyclic) bond motifs is 1. The van der Waals surface area contributed by atoms with Crippen LogP contribution in [0.4, 0.5) is 20.2 Å². The molecule has 1 aliphatic carbocycles. The van der Waals surface area contributed by atoms with Gasteiger partial charge < -0.3 is 29.7 Å². The molecular weight excluding hydrogens is 630 g/mol. The molecule has 3 aromatic carbocycles. The summed E-state index contributed by atoms with van der Waals surface area (Å²) < 4.78 is 46.5. The summed E-state index contributed by atoms with van der Waals surface area (Å²) in [6, 6.07) is 14.6. The lowest BCUT2D eigenvalue weighted by Crippen LogP contribution is -2.38. The molecule has 2 fully saturated rings. The van der Waals surface area contributed by atoms with E-state index in [9.17, 15) is 14.0 Å². The standard InChI is InChI=1S/C38H42F2N4O5/c1-24-25(2)38(24,36(45)42-27-11-9-26(39)10-12-27)37(46)43-28-13-14-33(30(40)21-28)49-32-15-16-41-31-23-35(34(47-3)22-29(31)32)48-20-8-19-44-17-6-4-5-7-18-44/h9-16,21-25H,4-8,17-20H2,1-3H3,(H,42,45)(H,43,46)/t24-,25-/m1/s1. The number of methoxy groups -OCH3 is 1. The molecular formula is C38H42F2N4O5. The summed E-state index contributed by atoms with van der Waals surface area (Å²) in [6.07, 6.45) is 7.59. The average molecular weight is 673 g/mol. The SMILES string of the molecule is COc1cc2c(Oc3ccc(NC(=O)C4(C(=O)Nc5ccc(F)cc5)[C@H](C)[C@H]4C)cc3F)ccnc2cc1OCCCN1CCCCCC1. The van der Waals surface area contributed by atoms with Gasteiger partial charge in [-0.3, -0.25) is 14.6 Å². The lowest BCUT2D eigenvalue weighted by Gasteiger charge is -2.20. The van der Waals surface area contributed by atoms with Gasteiger partial charge in [0.2, 0.25) is 11.8 Å². The Morgan fingerprint density at radius 1 is 0.837 bits per heavy atom. The van der Waals surface area contributed by atoms with Crippen LogP contribution in [-0.4, -0.2) is 55.0 Å². The van der Waals surface area contributed by atoms with Gasteiger partial charge in [-0.2, -0.15) is 0 Å². The maximum atomic E-state index is 15.4. The van der Waals surface area contributed by atoms with Crippen LogP contribution < -0.4 is 24.8 Å². The molecule has 4 aromatic rings. The molecule has 9 nitrogen and oxygen atoms in total. The number of benzene rings is 3. The first-order chi connectivity index (χ1) is 23.7. The second-order valence-corrected chi connectivity index (χ2v) is 12.9. The lowest BCUT2D eigenvalue weighted by atomic mass is 9.99. The predicted octanol–water partition coefficient (Wildman–Crippen LogP) is 7.81. The minimum atomic E-state index is -1.36. The molecule has 1 saturated carbocycles. The highest BCUT2D eigenvalue weighted by atomic mass is 19.1. The minimum absolute atomic E-state index is 0.0600. The normalized spacial score (nSPS) is 20.7. The first kappa shape index (κ1) is 34.1. The molecule has 0 spiro atoms. The molecule has 1 saturated heterocycles. The number of pyridine rings is 1. The number of rotatable bonds is 12. The number of anilines is 2. The molecule has 2 aliphatic rings. The first-order valence-electron chi connectivity index (χ1n) is 16.9. The van der Waals surface area contributed by atoms with Crippen molar-refractivity contribution in [3.8, 4) is 23.0 Å². The van der Waals surface area contributed by atoms with Crippen molar-refractivity contribution in [2.75, 3.05) is 44.0 Å². The third kappa shape index (κ3) is 7.32. The van der Waals surface area contributed by atoms with Crippen LogP contribution in [-0.2, 0) is 9.59 Å². The number of halogens is 2. The highest BCUT2D eigenvalue weighted by Crippen LogP contribution is 2.59. The monoisotopic (exact) mass is 672 g/mol. The van der Waals surface area contributed by atoms with Crippen LogP contribution >= 0.6 is 0 Å². The number of hydrogen-bond acceptors (Lipinski definition) is 7. The van der Waals surface area contributed by atoms with E-state index >= 15 is 4.39 Å². The Morgan fingerprint density at radius 2 is 1.51 bits per heavy atom. The number of carbonyl (C=O) groups excluding carboxylic acids is 2. The second kappa shape index (κ2) is 14.8. The number of nitrogens with zero attached hydrogens (tertiary/aromatic N) is 2. The fourth-order valence-electron chi connectivity index (χ4n) is 6.81. The van der Waals surface area contributed by atoms with Crippen LogP contribution in [0.2, 0.25) is 0 Å². The molecule has 2 heterocycles. The van der Waals surface area contributed by atoms with Crippen LogP contribution in [0.25, 0.3) is 10.9 Å². The number of likely N-dealkylation sites (tertiary alicyclic amines) is 1. The highest BCUT2D eigenvalue weighted by Gasteiger charge is 2.69. The zero-order valence-corrected chi connectivity index (χ0v) is 28.1. The Hall–Kier alpha value is -4.77. The summed E-state index contributed by atoms with van der Waals surface area (Å²) in [6.45, 7) is 7.44. The van der Waals surface area contributed by atoms with Crippen molar-refractivity contribution < 1.29 is 32.6 Å². The molecule has 0 radical (unpaired) electrons. The second-order valence-electron chi connectivity index (χ2n) is 12.9. The van der Waals surface area contributed by atoms with Gasteiger partial charge in [-0.1, -0.05) is 26.7 Å². The molecule has 11 heteroatoms. The number of carbonyl (C=O) groups is 2. The van der Waals surface area contributed by atoms with Crippen LogP contribution in [0.15, 0.2) is 66.9 Å². The largest absolute Gasteiger partial charge is 0.493 e. The van der Waals surface area contributed by atoms with Gasteiger partial charge in [0.25, 0.3) is 0 Å².